The smallest absolute Gasteiger partial charge is 0.265 e. The van der Waals surface area contributed by atoms with Crippen molar-refractivity contribution < 1.29 is 4.79 Å². The number of aromatic nitrogens is 1. The highest BCUT2D eigenvalue weighted by Crippen LogP contribution is 2.09. The third-order valence-corrected chi connectivity index (χ3v) is 1.66. The summed E-state index contributed by atoms with van der Waals surface area (Å²) in [4.78, 5) is 13.7. The molecule has 1 rings (SSSR count). The molecule has 0 aliphatic rings. The zero-order valence-electron chi connectivity index (χ0n) is 6.77. The fourth-order valence-electron chi connectivity index (χ4n) is 1.15. The summed E-state index contributed by atoms with van der Waals surface area (Å²) in [5.74, 6) is -0.380. The molecule has 1 aromatic rings. The molecule has 0 radical (unpaired) electrons. The van der Waals surface area contributed by atoms with Crippen LogP contribution in [0.2, 0.25) is 0 Å². The molecule has 60 valence electrons. The van der Waals surface area contributed by atoms with Gasteiger partial charge in [-0.3, -0.25) is 4.79 Å². The molecule has 0 fully saturated rings. The van der Waals surface area contributed by atoms with Crippen LogP contribution < -0.4 is 5.73 Å². The van der Waals surface area contributed by atoms with E-state index in [1.54, 1.807) is 0 Å². The highest BCUT2D eigenvalue weighted by atomic mass is 16.1. The molecule has 0 atom stereocenters. The van der Waals surface area contributed by atoms with Crippen molar-refractivity contribution >= 4 is 5.91 Å². The summed E-state index contributed by atoms with van der Waals surface area (Å²) in [6.45, 7) is 3.90. The first-order valence-corrected chi connectivity index (χ1v) is 3.63. The SMILES string of the molecule is CCc1cc(C)[nH]c1C(N)=O. The van der Waals surface area contributed by atoms with Gasteiger partial charge in [0.15, 0.2) is 0 Å². The predicted molar refractivity (Wildman–Crippen MR) is 43.4 cm³/mol. The van der Waals surface area contributed by atoms with Crippen LogP contribution >= 0.6 is 0 Å². The molecule has 0 spiro atoms. The van der Waals surface area contributed by atoms with Crippen molar-refractivity contribution in [1.82, 2.24) is 4.98 Å². The van der Waals surface area contributed by atoms with Crippen LogP contribution in [0.1, 0.15) is 28.7 Å². The Morgan fingerprint density at radius 3 is 2.73 bits per heavy atom. The third-order valence-electron chi connectivity index (χ3n) is 1.66. The average Bonchev–Trinajstić information content (AvgIpc) is 2.30. The lowest BCUT2D eigenvalue weighted by Gasteiger charge is -1.93. The number of aryl methyl sites for hydroxylation is 2. The molecule has 0 aliphatic carbocycles. The summed E-state index contributed by atoms with van der Waals surface area (Å²) in [5.41, 5.74) is 7.66. The minimum atomic E-state index is -0.380. The van der Waals surface area contributed by atoms with Gasteiger partial charge in [0, 0.05) is 5.69 Å². The number of nitrogens with two attached hydrogens (primary N) is 1. The number of H-pyrrole nitrogens is 1. The number of hydrogen-bond donors (Lipinski definition) is 2. The lowest BCUT2D eigenvalue weighted by molar-refractivity contribution is 0.0995. The number of amides is 1. The van der Waals surface area contributed by atoms with E-state index in [2.05, 4.69) is 4.98 Å². The number of rotatable bonds is 2. The van der Waals surface area contributed by atoms with Gasteiger partial charge in [-0.15, -0.1) is 0 Å². The van der Waals surface area contributed by atoms with Gasteiger partial charge in [0.2, 0.25) is 0 Å². The zero-order valence-corrected chi connectivity index (χ0v) is 6.77. The second kappa shape index (κ2) is 2.78. The van der Waals surface area contributed by atoms with Gasteiger partial charge in [-0.1, -0.05) is 6.92 Å². The van der Waals surface area contributed by atoms with Crippen LogP contribution in [-0.2, 0) is 6.42 Å². The van der Waals surface area contributed by atoms with E-state index < -0.39 is 0 Å². The van der Waals surface area contributed by atoms with Gasteiger partial charge in [-0.2, -0.15) is 0 Å². The molecule has 1 amide bonds. The number of hydrogen-bond acceptors (Lipinski definition) is 1. The van der Waals surface area contributed by atoms with Gasteiger partial charge >= 0.3 is 0 Å². The fraction of sp³-hybridized carbons (Fsp3) is 0.375. The normalized spacial score (nSPS) is 10.0. The predicted octanol–water partition coefficient (Wildman–Crippen LogP) is 0.984. The molecule has 3 N–H and O–H groups in total. The first kappa shape index (κ1) is 7.85. The van der Waals surface area contributed by atoms with E-state index in [0.717, 1.165) is 17.7 Å². The minimum absolute atomic E-state index is 0.380. The number of carbonyl (C=O) groups is 1. The largest absolute Gasteiger partial charge is 0.364 e. The van der Waals surface area contributed by atoms with Gasteiger partial charge in [0.25, 0.3) is 5.91 Å². The fourth-order valence-corrected chi connectivity index (χ4v) is 1.15. The van der Waals surface area contributed by atoms with Crippen LogP contribution in [0.25, 0.3) is 0 Å². The Balaban J connectivity index is 3.12. The molecule has 3 heteroatoms. The Morgan fingerprint density at radius 2 is 2.36 bits per heavy atom. The molecular formula is C8H12N2O. The van der Waals surface area contributed by atoms with Crippen molar-refractivity contribution in [2.75, 3.05) is 0 Å². The average molecular weight is 152 g/mol. The second-order valence-electron chi connectivity index (χ2n) is 2.57. The Labute approximate surface area is 65.6 Å². The van der Waals surface area contributed by atoms with Gasteiger partial charge < -0.3 is 10.7 Å². The number of nitrogens with one attached hydrogen (secondary N) is 1. The third kappa shape index (κ3) is 1.42. The van der Waals surface area contributed by atoms with Gasteiger partial charge in [-0.05, 0) is 25.0 Å². The maximum atomic E-state index is 10.8. The van der Waals surface area contributed by atoms with Crippen LogP contribution in [0.4, 0.5) is 0 Å². The van der Waals surface area contributed by atoms with E-state index in [4.69, 9.17) is 5.73 Å². The van der Waals surface area contributed by atoms with Crippen molar-refractivity contribution in [2.45, 2.75) is 20.3 Å². The number of aromatic amines is 1. The molecule has 0 aliphatic heterocycles. The summed E-state index contributed by atoms with van der Waals surface area (Å²) in [7, 11) is 0. The van der Waals surface area contributed by atoms with Crippen LogP contribution in [0.3, 0.4) is 0 Å². The topological polar surface area (TPSA) is 58.9 Å². The summed E-state index contributed by atoms with van der Waals surface area (Å²) >= 11 is 0. The lowest BCUT2D eigenvalue weighted by Crippen LogP contribution is -2.13. The molecule has 0 saturated heterocycles. The van der Waals surface area contributed by atoms with E-state index in [1.165, 1.54) is 0 Å². The molecule has 3 nitrogen and oxygen atoms in total. The summed E-state index contributed by atoms with van der Waals surface area (Å²) in [6, 6.07) is 1.94. The van der Waals surface area contributed by atoms with Crippen molar-refractivity contribution in [3.05, 3.63) is 23.0 Å². The minimum Gasteiger partial charge on any atom is -0.364 e. The summed E-state index contributed by atoms with van der Waals surface area (Å²) in [6.07, 6.45) is 0.836. The molecule has 0 saturated carbocycles. The highest BCUT2D eigenvalue weighted by Gasteiger charge is 2.08. The van der Waals surface area contributed by atoms with Crippen molar-refractivity contribution in [3.8, 4) is 0 Å². The van der Waals surface area contributed by atoms with Crippen molar-refractivity contribution in [2.24, 2.45) is 5.73 Å². The van der Waals surface area contributed by atoms with E-state index >= 15 is 0 Å². The molecular weight excluding hydrogens is 140 g/mol. The Kier molecular flexibility index (Phi) is 1.98. The Bertz CT molecular complexity index is 276. The van der Waals surface area contributed by atoms with Gasteiger partial charge in [-0.25, -0.2) is 0 Å². The van der Waals surface area contributed by atoms with E-state index in [1.807, 2.05) is 19.9 Å². The molecule has 0 bridgehead atoms. The highest BCUT2D eigenvalue weighted by molar-refractivity contribution is 5.92. The van der Waals surface area contributed by atoms with Crippen molar-refractivity contribution in [3.63, 3.8) is 0 Å². The standard InChI is InChI=1S/C8H12N2O/c1-3-6-4-5(2)10-7(6)8(9)11/h4,10H,3H2,1-2H3,(H2,9,11). The Hall–Kier alpha value is -1.25. The first-order chi connectivity index (χ1) is 5.15. The second-order valence-corrected chi connectivity index (χ2v) is 2.57. The summed E-state index contributed by atoms with van der Waals surface area (Å²) < 4.78 is 0. The van der Waals surface area contributed by atoms with Crippen molar-refractivity contribution in [1.29, 1.82) is 0 Å². The zero-order chi connectivity index (χ0) is 8.43. The number of primary amides is 1. The maximum Gasteiger partial charge on any atom is 0.265 e. The molecule has 0 aromatic carbocycles. The van der Waals surface area contributed by atoms with Crippen LogP contribution in [0.5, 0.6) is 0 Å². The van der Waals surface area contributed by atoms with Crippen LogP contribution in [-0.4, -0.2) is 10.9 Å². The van der Waals surface area contributed by atoms with Crippen LogP contribution in [0.15, 0.2) is 6.07 Å². The van der Waals surface area contributed by atoms with E-state index in [-0.39, 0.29) is 5.91 Å². The lowest BCUT2D eigenvalue weighted by atomic mass is 10.2. The molecule has 1 aromatic heterocycles. The quantitative estimate of drug-likeness (QED) is 0.652. The van der Waals surface area contributed by atoms with Gasteiger partial charge in [0.05, 0.1) is 0 Å². The maximum absolute atomic E-state index is 10.8. The molecule has 11 heavy (non-hydrogen) atoms. The molecule has 0 unspecified atom stereocenters. The monoisotopic (exact) mass is 152 g/mol. The van der Waals surface area contributed by atoms with E-state index in [0.29, 0.717) is 5.69 Å². The Morgan fingerprint density at radius 1 is 1.73 bits per heavy atom. The van der Waals surface area contributed by atoms with Gasteiger partial charge in [0.1, 0.15) is 5.69 Å². The molecule has 1 heterocycles. The van der Waals surface area contributed by atoms with Crippen LogP contribution in [0, 0.1) is 6.92 Å². The first-order valence-electron chi connectivity index (χ1n) is 3.63. The number of carbonyl (C=O) groups excluding carboxylic acids is 1. The van der Waals surface area contributed by atoms with E-state index in [9.17, 15) is 4.79 Å². The summed E-state index contributed by atoms with van der Waals surface area (Å²) in [5, 5.41) is 0.